The van der Waals surface area contributed by atoms with Gasteiger partial charge >= 0.3 is 134 Å². The van der Waals surface area contributed by atoms with Gasteiger partial charge in [0.05, 0.1) is 0 Å². The Kier molecular flexibility index (Phi) is 3.95. The van der Waals surface area contributed by atoms with E-state index in [4.69, 9.17) is 2.77 Å². The Morgan fingerprint density at radius 1 is 1.24 bits per heavy atom. The molecule has 1 aliphatic heterocycles. The quantitative estimate of drug-likeness (QED) is 0.681. The Balaban J connectivity index is 1.70. The van der Waals surface area contributed by atoms with Crippen molar-refractivity contribution < 1.29 is 7.57 Å². The minimum absolute atomic E-state index is 0.00480. The molecule has 0 spiro atoms. The Morgan fingerprint density at radius 2 is 1.95 bits per heavy atom. The van der Waals surface area contributed by atoms with E-state index in [2.05, 4.69) is 24.0 Å². The number of aromatic nitrogens is 1. The second-order valence-electron chi connectivity index (χ2n) is 5.54. The zero-order valence-corrected chi connectivity index (χ0v) is 14.8. The van der Waals surface area contributed by atoms with Crippen LogP contribution < -0.4 is 2.77 Å². The van der Waals surface area contributed by atoms with Gasteiger partial charge in [0.15, 0.2) is 0 Å². The summed E-state index contributed by atoms with van der Waals surface area (Å²) in [5.41, 5.74) is 1.77. The molecule has 1 radical (unpaired) electrons. The number of nitrogens with zero attached hydrogens (tertiary/aromatic N) is 2. The number of amides is 1. The maximum absolute atomic E-state index is 12.3. The van der Waals surface area contributed by atoms with Gasteiger partial charge in [-0.3, -0.25) is 0 Å². The molecule has 1 aliphatic rings. The summed E-state index contributed by atoms with van der Waals surface area (Å²) in [6.07, 6.45) is 1.65. The van der Waals surface area contributed by atoms with Crippen molar-refractivity contribution in [2.45, 2.75) is 12.3 Å². The third kappa shape index (κ3) is 2.80. The van der Waals surface area contributed by atoms with Gasteiger partial charge in [0.1, 0.15) is 0 Å². The van der Waals surface area contributed by atoms with Crippen LogP contribution in [0.15, 0.2) is 48.7 Å². The predicted molar refractivity (Wildman–Crippen MR) is 80.3 cm³/mol. The summed E-state index contributed by atoms with van der Waals surface area (Å²) in [5.74, 6) is 0.892. The van der Waals surface area contributed by atoms with Gasteiger partial charge in [0.2, 0.25) is 0 Å². The fraction of sp³-hybridized carbons (Fsp3) is 0.250. The minimum atomic E-state index is 0.00480. The number of pyridine rings is 1. The number of likely N-dealkylation sites (tertiary alicyclic amines) is 1. The second-order valence-corrected chi connectivity index (χ2v) is 6.19. The standard InChI is InChI=1S/C16H16N2O2.Po/c1-16(12-5-7-13(19)8-6-12)10-18(11-16)15(20)14-4-2-3-9-17-14;/h2-9,19H,10-11H2,1H3;/q;+1/p-1. The molecule has 3 rings (SSSR count). The number of hydrogen-bond donors (Lipinski definition) is 0. The molecule has 1 amide bonds. The van der Waals surface area contributed by atoms with E-state index in [1.807, 2.05) is 29.2 Å². The fourth-order valence-corrected chi connectivity index (χ4v) is 3.12. The third-order valence-corrected chi connectivity index (χ3v) is 4.65. The van der Waals surface area contributed by atoms with Crippen LogP contribution in [-0.2, 0) is 5.41 Å². The van der Waals surface area contributed by atoms with Gasteiger partial charge in [-0.2, -0.15) is 0 Å². The SMILES string of the molecule is CC1(c2ccc([O][Po])cc2)CN(C(=O)c2ccccn2)C1. The zero-order valence-electron chi connectivity index (χ0n) is 11.7. The van der Waals surface area contributed by atoms with E-state index >= 15 is 0 Å². The monoisotopic (exact) mass is 476 g/mol. The predicted octanol–water partition coefficient (Wildman–Crippen LogP) is 1.96. The molecule has 1 saturated heterocycles. The van der Waals surface area contributed by atoms with Gasteiger partial charge in [0.25, 0.3) is 0 Å². The molecule has 1 aromatic carbocycles. The molecule has 0 saturated carbocycles. The van der Waals surface area contributed by atoms with Crippen LogP contribution in [0.3, 0.4) is 0 Å². The summed E-state index contributed by atoms with van der Waals surface area (Å²) in [6, 6.07) is 13.5. The van der Waals surface area contributed by atoms with Crippen molar-refractivity contribution in [2.75, 3.05) is 13.1 Å². The van der Waals surface area contributed by atoms with E-state index < -0.39 is 0 Å². The first-order valence-electron chi connectivity index (χ1n) is 6.73. The van der Waals surface area contributed by atoms with Crippen molar-refractivity contribution in [2.24, 2.45) is 0 Å². The molecule has 2 heterocycles. The van der Waals surface area contributed by atoms with Gasteiger partial charge in [-0.1, -0.05) is 0 Å². The van der Waals surface area contributed by atoms with Gasteiger partial charge in [-0.25, -0.2) is 0 Å². The van der Waals surface area contributed by atoms with Crippen molar-refractivity contribution in [3.05, 3.63) is 59.9 Å². The van der Waals surface area contributed by atoms with E-state index in [0.717, 1.165) is 44.3 Å². The van der Waals surface area contributed by atoms with E-state index in [0.29, 0.717) is 5.69 Å². The Labute approximate surface area is 139 Å². The molecular formula is C16H15N2O2Po. The van der Waals surface area contributed by atoms with Crippen LogP contribution in [0, 0.1) is 0 Å². The Bertz CT molecular complexity index is 637. The molecule has 0 N–H and O–H groups in total. The van der Waals surface area contributed by atoms with Crippen molar-refractivity contribution in [1.82, 2.24) is 9.88 Å². The fourth-order valence-electron chi connectivity index (χ4n) is 2.69. The Hall–Kier alpha value is -1.46. The molecule has 5 heteroatoms. The number of carbonyl (C=O) groups is 1. The molecule has 0 unspecified atom stereocenters. The van der Waals surface area contributed by atoms with Gasteiger partial charge in [-0.05, 0) is 6.07 Å². The van der Waals surface area contributed by atoms with Crippen LogP contribution in [0.4, 0.5) is 0 Å². The molecule has 0 atom stereocenters. The van der Waals surface area contributed by atoms with Crippen LogP contribution in [0.5, 0.6) is 5.75 Å². The number of rotatable bonds is 3. The summed E-state index contributed by atoms with van der Waals surface area (Å²) in [6.45, 7) is 3.63. The number of carbonyl (C=O) groups excluding carboxylic acids is 1. The number of hydrogen-bond acceptors (Lipinski definition) is 3. The van der Waals surface area contributed by atoms with E-state index in [1.165, 1.54) is 5.56 Å². The molecule has 21 heavy (non-hydrogen) atoms. The van der Waals surface area contributed by atoms with Crippen LogP contribution in [0.2, 0.25) is 0 Å². The summed E-state index contributed by atoms with van der Waals surface area (Å²) < 4.78 is 5.26. The van der Waals surface area contributed by atoms with E-state index in [9.17, 15) is 4.79 Å². The van der Waals surface area contributed by atoms with E-state index in [1.54, 1.807) is 12.3 Å². The molecule has 4 nitrogen and oxygen atoms in total. The average molecular weight is 476 g/mol. The second kappa shape index (κ2) is 5.73. The Morgan fingerprint density at radius 3 is 2.52 bits per heavy atom. The van der Waals surface area contributed by atoms with E-state index in [-0.39, 0.29) is 11.3 Å². The first-order valence-corrected chi connectivity index (χ1v) is 8.03. The van der Waals surface area contributed by atoms with Crippen LogP contribution >= 0.6 is 0 Å². The normalized spacial score (nSPS) is 16.2. The zero-order chi connectivity index (χ0) is 14.9. The molecule has 1 aromatic heterocycles. The molecule has 0 bridgehead atoms. The van der Waals surface area contributed by atoms with Crippen molar-refractivity contribution in [3.8, 4) is 5.75 Å². The van der Waals surface area contributed by atoms with Crippen LogP contribution in [-0.4, -0.2) is 54.4 Å². The summed E-state index contributed by atoms with van der Waals surface area (Å²) in [5, 5.41) is 0. The van der Waals surface area contributed by atoms with Gasteiger partial charge < -0.3 is 0 Å². The van der Waals surface area contributed by atoms with Crippen LogP contribution in [0.1, 0.15) is 23.0 Å². The van der Waals surface area contributed by atoms with Gasteiger partial charge in [-0.15, -0.1) is 0 Å². The van der Waals surface area contributed by atoms with Gasteiger partial charge in [0, 0.05) is 0 Å². The van der Waals surface area contributed by atoms with Crippen LogP contribution in [0.25, 0.3) is 0 Å². The molecule has 0 aliphatic carbocycles. The molecule has 1 fully saturated rings. The van der Waals surface area contributed by atoms with Crippen molar-refractivity contribution >= 4 is 31.4 Å². The first kappa shape index (κ1) is 14.5. The maximum atomic E-state index is 12.3. The molecular weight excluding hydrogens is 461 g/mol. The topological polar surface area (TPSA) is 42.4 Å². The van der Waals surface area contributed by atoms with Crippen molar-refractivity contribution in [3.63, 3.8) is 0 Å². The van der Waals surface area contributed by atoms with Crippen molar-refractivity contribution in [1.29, 1.82) is 0 Å². The first-order chi connectivity index (χ1) is 10.1. The summed E-state index contributed by atoms with van der Waals surface area (Å²) in [4.78, 5) is 18.3. The number of benzene rings is 1. The molecule has 2 aromatic rings. The summed E-state index contributed by atoms with van der Waals surface area (Å²) in [7, 11) is 0. The third-order valence-electron chi connectivity index (χ3n) is 3.90. The molecule has 107 valence electrons. The average Bonchev–Trinajstić information content (AvgIpc) is 2.52. The summed E-state index contributed by atoms with van der Waals surface area (Å²) >= 11 is 1.08.